The predicted molar refractivity (Wildman–Crippen MR) is 95.3 cm³/mol. The van der Waals surface area contributed by atoms with Gasteiger partial charge < -0.3 is 5.32 Å². The van der Waals surface area contributed by atoms with Crippen LogP contribution in [0.4, 0.5) is 0 Å². The molecule has 0 spiro atoms. The van der Waals surface area contributed by atoms with Gasteiger partial charge in [-0.2, -0.15) is 0 Å². The third kappa shape index (κ3) is 3.68. The van der Waals surface area contributed by atoms with Crippen molar-refractivity contribution in [1.82, 2.24) is 5.32 Å². The molecule has 0 aliphatic rings. The number of benzene rings is 2. The Bertz CT molecular complexity index is 625. The molecule has 0 fully saturated rings. The largest absolute Gasteiger partial charge is 0.309 e. The number of rotatable bonds is 5. The van der Waals surface area contributed by atoms with Gasteiger partial charge in [0.1, 0.15) is 0 Å². The molecule has 2 aromatic rings. The molecule has 0 saturated carbocycles. The van der Waals surface area contributed by atoms with Gasteiger partial charge in [-0.25, -0.2) is 0 Å². The van der Waals surface area contributed by atoms with Crippen molar-refractivity contribution in [3.63, 3.8) is 0 Å². The molecule has 0 amide bonds. The lowest BCUT2D eigenvalue weighted by Crippen LogP contribution is -2.18. The first kappa shape index (κ1) is 16.5. The zero-order chi connectivity index (χ0) is 15.4. The molecule has 0 radical (unpaired) electrons. The molecule has 3 heteroatoms. The highest BCUT2D eigenvalue weighted by Gasteiger charge is 2.16. The third-order valence-electron chi connectivity index (χ3n) is 3.89. The van der Waals surface area contributed by atoms with Crippen molar-refractivity contribution in [1.29, 1.82) is 0 Å². The molecular weight excluding hydrogens is 346 g/mol. The van der Waals surface area contributed by atoms with Crippen LogP contribution in [-0.2, 0) is 12.8 Å². The van der Waals surface area contributed by atoms with E-state index in [1.807, 2.05) is 19.2 Å². The van der Waals surface area contributed by atoms with Crippen LogP contribution in [0.1, 0.15) is 42.1 Å². The van der Waals surface area contributed by atoms with E-state index in [9.17, 15) is 0 Å². The Kier molecular flexibility index (Phi) is 5.86. The molecule has 0 aliphatic heterocycles. The van der Waals surface area contributed by atoms with Gasteiger partial charge in [-0.15, -0.1) is 0 Å². The lowest BCUT2D eigenvalue weighted by atomic mass is 9.93. The lowest BCUT2D eigenvalue weighted by molar-refractivity contribution is 0.690. The summed E-state index contributed by atoms with van der Waals surface area (Å²) in [7, 11) is 1.97. The molecule has 1 N–H and O–H groups in total. The highest BCUT2D eigenvalue weighted by molar-refractivity contribution is 9.10. The van der Waals surface area contributed by atoms with E-state index >= 15 is 0 Å². The monoisotopic (exact) mass is 365 g/mol. The van der Waals surface area contributed by atoms with Crippen molar-refractivity contribution in [3.8, 4) is 0 Å². The summed E-state index contributed by atoms with van der Waals surface area (Å²) in [6.07, 6.45) is 2.13. The molecule has 0 bridgehead atoms. The number of halogens is 2. The topological polar surface area (TPSA) is 12.0 Å². The van der Waals surface area contributed by atoms with Gasteiger partial charge in [0.15, 0.2) is 0 Å². The van der Waals surface area contributed by atoms with Crippen LogP contribution in [0.15, 0.2) is 40.9 Å². The molecule has 0 aliphatic carbocycles. The molecule has 0 saturated heterocycles. The van der Waals surface area contributed by atoms with Crippen molar-refractivity contribution >= 4 is 27.5 Å². The SMILES string of the molecule is CCc1ccc(C(NC)c2ccc(Br)cc2Cl)cc1CC. The Balaban J connectivity index is 2.46. The highest BCUT2D eigenvalue weighted by Crippen LogP contribution is 2.31. The van der Waals surface area contributed by atoms with Gasteiger partial charge >= 0.3 is 0 Å². The highest BCUT2D eigenvalue weighted by atomic mass is 79.9. The molecular formula is C18H21BrClN. The zero-order valence-electron chi connectivity index (χ0n) is 12.7. The van der Waals surface area contributed by atoms with Crippen LogP contribution in [0.5, 0.6) is 0 Å². The molecule has 2 aromatic carbocycles. The summed E-state index contributed by atoms with van der Waals surface area (Å²) in [4.78, 5) is 0. The first-order valence-corrected chi connectivity index (χ1v) is 8.51. The van der Waals surface area contributed by atoms with E-state index < -0.39 is 0 Å². The summed E-state index contributed by atoms with van der Waals surface area (Å²) in [5.74, 6) is 0. The van der Waals surface area contributed by atoms with Crippen molar-refractivity contribution in [2.45, 2.75) is 32.7 Å². The average molecular weight is 367 g/mol. The lowest BCUT2D eigenvalue weighted by Gasteiger charge is -2.20. The summed E-state index contributed by atoms with van der Waals surface area (Å²) in [6.45, 7) is 4.41. The maximum absolute atomic E-state index is 6.42. The van der Waals surface area contributed by atoms with Crippen LogP contribution in [0.2, 0.25) is 5.02 Å². The van der Waals surface area contributed by atoms with Gasteiger partial charge in [0.25, 0.3) is 0 Å². The van der Waals surface area contributed by atoms with Crippen LogP contribution in [0.25, 0.3) is 0 Å². The molecule has 1 unspecified atom stereocenters. The standard InChI is InChI=1S/C18H21BrClN/c1-4-12-6-7-14(10-13(12)5-2)18(21-3)16-9-8-15(19)11-17(16)20/h6-11,18,21H,4-5H2,1-3H3. The van der Waals surface area contributed by atoms with Crippen molar-refractivity contribution in [3.05, 3.63) is 68.1 Å². The van der Waals surface area contributed by atoms with Crippen LogP contribution in [0.3, 0.4) is 0 Å². The van der Waals surface area contributed by atoms with E-state index in [0.29, 0.717) is 0 Å². The van der Waals surface area contributed by atoms with E-state index in [-0.39, 0.29) is 6.04 Å². The normalized spacial score (nSPS) is 12.4. The Morgan fingerprint density at radius 1 is 1.05 bits per heavy atom. The van der Waals surface area contributed by atoms with Crippen LogP contribution in [-0.4, -0.2) is 7.05 Å². The minimum atomic E-state index is 0.113. The molecule has 0 aromatic heterocycles. The van der Waals surface area contributed by atoms with Gasteiger partial charge in [-0.05, 0) is 54.3 Å². The van der Waals surface area contributed by atoms with Gasteiger partial charge in [0.2, 0.25) is 0 Å². The molecule has 0 heterocycles. The molecule has 2 rings (SSSR count). The number of aryl methyl sites for hydroxylation is 2. The Morgan fingerprint density at radius 3 is 2.33 bits per heavy atom. The zero-order valence-corrected chi connectivity index (χ0v) is 15.1. The summed E-state index contributed by atoms with van der Waals surface area (Å²) in [5.41, 5.74) is 5.21. The molecule has 112 valence electrons. The number of hydrogen-bond donors (Lipinski definition) is 1. The van der Waals surface area contributed by atoms with E-state index in [2.05, 4.69) is 59.4 Å². The Hall–Kier alpha value is -0.830. The minimum absolute atomic E-state index is 0.113. The van der Waals surface area contributed by atoms with Gasteiger partial charge in [0, 0.05) is 9.50 Å². The molecule has 1 atom stereocenters. The van der Waals surface area contributed by atoms with E-state index in [4.69, 9.17) is 11.6 Å². The fourth-order valence-electron chi connectivity index (χ4n) is 2.74. The Labute approximate surface area is 140 Å². The average Bonchev–Trinajstić information content (AvgIpc) is 2.49. The first-order chi connectivity index (χ1) is 10.1. The Morgan fingerprint density at radius 2 is 1.76 bits per heavy atom. The molecule has 21 heavy (non-hydrogen) atoms. The van der Waals surface area contributed by atoms with Gasteiger partial charge in [-0.1, -0.05) is 65.6 Å². The minimum Gasteiger partial charge on any atom is -0.309 e. The third-order valence-corrected chi connectivity index (χ3v) is 4.71. The maximum atomic E-state index is 6.42. The van der Waals surface area contributed by atoms with Crippen LogP contribution in [0, 0.1) is 0 Å². The summed E-state index contributed by atoms with van der Waals surface area (Å²) in [6, 6.07) is 12.9. The second-order valence-electron chi connectivity index (χ2n) is 5.12. The predicted octanol–water partition coefficient (Wildman–Crippen LogP) is 5.54. The van der Waals surface area contributed by atoms with Crippen molar-refractivity contribution < 1.29 is 0 Å². The van der Waals surface area contributed by atoms with E-state index in [1.54, 1.807) is 0 Å². The van der Waals surface area contributed by atoms with Crippen LogP contribution < -0.4 is 5.32 Å². The summed E-state index contributed by atoms with van der Waals surface area (Å²) < 4.78 is 1.00. The van der Waals surface area contributed by atoms with Crippen LogP contribution >= 0.6 is 27.5 Å². The fourth-order valence-corrected chi connectivity index (χ4v) is 3.52. The second-order valence-corrected chi connectivity index (χ2v) is 6.45. The first-order valence-electron chi connectivity index (χ1n) is 7.34. The fraction of sp³-hybridized carbons (Fsp3) is 0.333. The summed E-state index contributed by atoms with van der Waals surface area (Å²) in [5, 5.41) is 4.16. The number of hydrogen-bond acceptors (Lipinski definition) is 1. The van der Waals surface area contributed by atoms with E-state index in [1.165, 1.54) is 16.7 Å². The quantitative estimate of drug-likeness (QED) is 0.733. The van der Waals surface area contributed by atoms with Crippen molar-refractivity contribution in [2.75, 3.05) is 7.05 Å². The molecule has 1 nitrogen and oxygen atoms in total. The van der Waals surface area contributed by atoms with Crippen molar-refractivity contribution in [2.24, 2.45) is 0 Å². The second kappa shape index (κ2) is 7.44. The van der Waals surface area contributed by atoms with Gasteiger partial charge in [-0.3, -0.25) is 0 Å². The smallest absolute Gasteiger partial charge is 0.0589 e. The van der Waals surface area contributed by atoms with Gasteiger partial charge in [0.05, 0.1) is 6.04 Å². The number of nitrogens with one attached hydrogen (secondary N) is 1. The summed E-state index contributed by atoms with van der Waals surface area (Å²) >= 11 is 9.88. The van der Waals surface area contributed by atoms with E-state index in [0.717, 1.165) is 27.9 Å². The maximum Gasteiger partial charge on any atom is 0.0589 e.